The van der Waals surface area contributed by atoms with Crippen LogP contribution >= 0.6 is 0 Å². The molecule has 2 aromatic heterocycles. The van der Waals surface area contributed by atoms with Crippen LogP contribution in [0.4, 0.5) is 0 Å². The molecule has 0 bridgehead atoms. The number of fused-ring (bicyclic) bond motifs is 1. The highest BCUT2D eigenvalue weighted by Gasteiger charge is 2.22. The van der Waals surface area contributed by atoms with Crippen molar-refractivity contribution < 1.29 is 9.53 Å². The van der Waals surface area contributed by atoms with Crippen LogP contribution in [0, 0.1) is 0 Å². The molecule has 26 heavy (non-hydrogen) atoms. The van der Waals surface area contributed by atoms with Gasteiger partial charge in [0.05, 0.1) is 19.0 Å². The molecular formula is C18H20N4O4. The van der Waals surface area contributed by atoms with Crippen LogP contribution < -0.4 is 16.0 Å². The number of aryl methyl sites for hydroxylation is 1. The fraction of sp³-hybridized carbons (Fsp3) is 0.333. The van der Waals surface area contributed by atoms with Crippen LogP contribution in [0.1, 0.15) is 30.2 Å². The fourth-order valence-electron chi connectivity index (χ4n) is 2.91. The summed E-state index contributed by atoms with van der Waals surface area (Å²) >= 11 is 0. The summed E-state index contributed by atoms with van der Waals surface area (Å²) in [6, 6.07) is 6.20. The van der Waals surface area contributed by atoms with Gasteiger partial charge >= 0.3 is 5.69 Å². The van der Waals surface area contributed by atoms with Crippen LogP contribution in [0.25, 0.3) is 11.2 Å². The Morgan fingerprint density at radius 1 is 1.15 bits per heavy atom. The zero-order chi connectivity index (χ0) is 19.0. The predicted molar refractivity (Wildman–Crippen MR) is 96.9 cm³/mol. The SMILES string of the molecule is CCOc1ccc(C(=O)[C@H](C)n2cnc3c2c(=O)n(C)c(=O)n3C)cc1. The summed E-state index contributed by atoms with van der Waals surface area (Å²) in [5, 5.41) is 0. The minimum Gasteiger partial charge on any atom is -0.494 e. The van der Waals surface area contributed by atoms with E-state index in [4.69, 9.17) is 4.74 Å². The standard InChI is InChI=1S/C18H20N4O4/c1-5-26-13-8-6-12(7-9-13)15(23)11(2)22-10-19-16-14(22)17(24)21(4)18(25)20(16)3/h6-11H,5H2,1-4H3/t11-/m0/s1. The Morgan fingerprint density at radius 3 is 2.42 bits per heavy atom. The van der Waals surface area contributed by atoms with Gasteiger partial charge < -0.3 is 9.30 Å². The maximum Gasteiger partial charge on any atom is 0.332 e. The molecule has 8 heteroatoms. The van der Waals surface area contributed by atoms with E-state index in [1.165, 1.54) is 22.5 Å². The van der Waals surface area contributed by atoms with Crippen molar-refractivity contribution >= 4 is 16.9 Å². The van der Waals surface area contributed by atoms with Gasteiger partial charge in [-0.25, -0.2) is 9.78 Å². The van der Waals surface area contributed by atoms with E-state index in [-0.39, 0.29) is 16.9 Å². The summed E-state index contributed by atoms with van der Waals surface area (Å²) in [4.78, 5) is 41.5. The number of ether oxygens (including phenoxy) is 1. The molecular weight excluding hydrogens is 336 g/mol. The minimum atomic E-state index is -0.650. The average molecular weight is 356 g/mol. The smallest absolute Gasteiger partial charge is 0.332 e. The van der Waals surface area contributed by atoms with Gasteiger partial charge in [-0.2, -0.15) is 0 Å². The highest BCUT2D eigenvalue weighted by Crippen LogP contribution is 2.20. The van der Waals surface area contributed by atoms with Crippen LogP contribution in [0.3, 0.4) is 0 Å². The van der Waals surface area contributed by atoms with Gasteiger partial charge in [0.1, 0.15) is 5.75 Å². The van der Waals surface area contributed by atoms with Crippen molar-refractivity contribution in [2.24, 2.45) is 14.1 Å². The zero-order valence-corrected chi connectivity index (χ0v) is 15.1. The number of carbonyl (C=O) groups is 1. The van der Waals surface area contributed by atoms with Gasteiger partial charge in [0.15, 0.2) is 16.9 Å². The molecule has 0 N–H and O–H groups in total. The molecule has 0 saturated heterocycles. The summed E-state index contributed by atoms with van der Waals surface area (Å²) in [7, 11) is 2.95. The molecule has 0 fully saturated rings. The van der Waals surface area contributed by atoms with Crippen molar-refractivity contribution in [2.75, 3.05) is 6.61 Å². The first-order chi connectivity index (χ1) is 12.4. The molecule has 0 saturated carbocycles. The van der Waals surface area contributed by atoms with Crippen molar-refractivity contribution in [1.29, 1.82) is 0 Å². The lowest BCUT2D eigenvalue weighted by molar-refractivity contribution is 0.0936. The largest absolute Gasteiger partial charge is 0.494 e. The number of imidazole rings is 1. The van der Waals surface area contributed by atoms with Crippen molar-refractivity contribution in [3.05, 3.63) is 57.0 Å². The number of ketones is 1. The number of aromatic nitrogens is 4. The predicted octanol–water partition coefficient (Wildman–Crippen LogP) is 1.28. The van der Waals surface area contributed by atoms with Gasteiger partial charge in [-0.3, -0.25) is 18.7 Å². The summed E-state index contributed by atoms with van der Waals surface area (Å²) in [5.41, 5.74) is 0.0421. The van der Waals surface area contributed by atoms with Crippen LogP contribution in [-0.2, 0) is 14.1 Å². The second-order valence-corrected chi connectivity index (χ2v) is 6.03. The molecule has 0 aliphatic rings. The Hall–Kier alpha value is -3.16. The van der Waals surface area contributed by atoms with Crippen LogP contribution in [-0.4, -0.2) is 31.1 Å². The Kier molecular flexibility index (Phi) is 4.50. The Bertz CT molecular complexity index is 1090. The summed E-state index contributed by atoms with van der Waals surface area (Å²) < 4.78 is 9.19. The molecule has 136 valence electrons. The Morgan fingerprint density at radius 2 is 1.81 bits per heavy atom. The lowest BCUT2D eigenvalue weighted by atomic mass is 10.1. The molecule has 3 rings (SSSR count). The molecule has 0 amide bonds. The normalized spacial score (nSPS) is 12.3. The van der Waals surface area contributed by atoms with Crippen molar-refractivity contribution in [2.45, 2.75) is 19.9 Å². The molecule has 0 radical (unpaired) electrons. The first kappa shape index (κ1) is 17.7. The van der Waals surface area contributed by atoms with Crippen LogP contribution in [0.15, 0.2) is 40.2 Å². The van der Waals surface area contributed by atoms with Gasteiger partial charge in [0.2, 0.25) is 0 Å². The van der Waals surface area contributed by atoms with E-state index < -0.39 is 17.3 Å². The van der Waals surface area contributed by atoms with Crippen molar-refractivity contribution in [1.82, 2.24) is 18.7 Å². The third-order valence-electron chi connectivity index (χ3n) is 4.42. The highest BCUT2D eigenvalue weighted by atomic mass is 16.5. The fourth-order valence-corrected chi connectivity index (χ4v) is 2.91. The zero-order valence-electron chi connectivity index (χ0n) is 15.1. The molecule has 1 aromatic carbocycles. The second-order valence-electron chi connectivity index (χ2n) is 6.03. The molecule has 3 aromatic rings. The van der Waals surface area contributed by atoms with Crippen molar-refractivity contribution in [3.63, 3.8) is 0 Å². The van der Waals surface area contributed by atoms with E-state index in [0.717, 1.165) is 4.57 Å². The first-order valence-corrected chi connectivity index (χ1v) is 8.26. The number of benzene rings is 1. The third-order valence-corrected chi connectivity index (χ3v) is 4.42. The van der Waals surface area contributed by atoms with Crippen molar-refractivity contribution in [3.8, 4) is 5.75 Å². The molecule has 0 aliphatic carbocycles. The average Bonchev–Trinajstić information content (AvgIpc) is 3.09. The minimum absolute atomic E-state index is 0.164. The quantitative estimate of drug-likeness (QED) is 0.643. The van der Waals surface area contributed by atoms with E-state index >= 15 is 0 Å². The van der Waals surface area contributed by atoms with Crippen LogP contribution in [0.5, 0.6) is 5.75 Å². The maximum atomic E-state index is 12.8. The van der Waals surface area contributed by atoms with Gasteiger partial charge in [0.25, 0.3) is 5.56 Å². The summed E-state index contributed by atoms with van der Waals surface area (Å²) in [6.45, 7) is 4.14. The monoisotopic (exact) mass is 356 g/mol. The van der Waals surface area contributed by atoms with E-state index in [9.17, 15) is 14.4 Å². The molecule has 2 heterocycles. The van der Waals surface area contributed by atoms with E-state index in [1.54, 1.807) is 38.2 Å². The maximum absolute atomic E-state index is 12.8. The third kappa shape index (κ3) is 2.73. The van der Waals surface area contributed by atoms with E-state index in [1.807, 2.05) is 6.92 Å². The molecule has 0 aliphatic heterocycles. The second kappa shape index (κ2) is 6.62. The van der Waals surface area contributed by atoms with E-state index in [0.29, 0.717) is 17.9 Å². The molecule has 8 nitrogen and oxygen atoms in total. The first-order valence-electron chi connectivity index (χ1n) is 8.26. The van der Waals surface area contributed by atoms with Crippen LogP contribution in [0.2, 0.25) is 0 Å². The number of hydrogen-bond donors (Lipinski definition) is 0. The number of carbonyl (C=O) groups excluding carboxylic acids is 1. The Labute approximate surface area is 149 Å². The lowest BCUT2D eigenvalue weighted by Gasteiger charge is -2.14. The Balaban J connectivity index is 2.05. The summed E-state index contributed by atoms with van der Waals surface area (Å²) in [5.74, 6) is 0.525. The van der Waals surface area contributed by atoms with E-state index in [2.05, 4.69) is 4.98 Å². The number of rotatable bonds is 5. The molecule has 1 atom stereocenters. The van der Waals surface area contributed by atoms with Gasteiger partial charge in [-0.05, 0) is 38.1 Å². The number of hydrogen-bond acceptors (Lipinski definition) is 5. The topological polar surface area (TPSA) is 88.1 Å². The molecule has 0 unspecified atom stereocenters. The number of nitrogens with zero attached hydrogens (tertiary/aromatic N) is 4. The molecule has 0 spiro atoms. The van der Waals surface area contributed by atoms with Gasteiger partial charge in [-0.1, -0.05) is 0 Å². The highest BCUT2D eigenvalue weighted by molar-refractivity contribution is 5.99. The van der Waals surface area contributed by atoms with Gasteiger partial charge in [-0.15, -0.1) is 0 Å². The number of Topliss-reactive ketones (excluding diaryl/α,β-unsaturated/α-hetero) is 1. The lowest BCUT2D eigenvalue weighted by Crippen LogP contribution is -2.38. The van der Waals surface area contributed by atoms with Gasteiger partial charge in [0, 0.05) is 19.7 Å². The summed E-state index contributed by atoms with van der Waals surface area (Å²) in [6.07, 6.45) is 1.42.